The first kappa shape index (κ1) is 38.4. The number of rotatable bonds is 6. The Morgan fingerprint density at radius 3 is 1.73 bits per heavy atom. The van der Waals surface area contributed by atoms with E-state index in [0.29, 0.717) is 5.92 Å². The van der Waals surface area contributed by atoms with Gasteiger partial charge in [0, 0.05) is 5.92 Å². The third-order valence-electron chi connectivity index (χ3n) is 14.5. The van der Waals surface area contributed by atoms with E-state index < -0.39 is 0 Å². The second kappa shape index (κ2) is 15.9. The Kier molecular flexibility index (Phi) is 9.24. The number of fused-ring (bicyclic) bond motifs is 8. The minimum absolute atomic E-state index is 0.368. The Labute approximate surface area is 386 Å². The van der Waals surface area contributed by atoms with Crippen LogP contribution in [0.5, 0.6) is 0 Å². The molecule has 310 valence electrons. The molecule has 11 aromatic carbocycles. The molecule has 0 heteroatoms. The molecule has 0 aromatic heterocycles. The van der Waals surface area contributed by atoms with Crippen LogP contribution < -0.4 is 0 Å². The van der Waals surface area contributed by atoms with E-state index in [1.807, 2.05) is 0 Å². The molecule has 13 rings (SSSR count). The maximum atomic E-state index is 2.41. The van der Waals surface area contributed by atoms with Crippen molar-refractivity contribution < 1.29 is 0 Å². The molecule has 0 amide bonds. The fourth-order valence-corrected chi connectivity index (χ4v) is 11.4. The molecule has 2 aliphatic rings. The summed E-state index contributed by atoms with van der Waals surface area (Å²) >= 11 is 0. The van der Waals surface area contributed by atoms with Crippen molar-refractivity contribution in [3.63, 3.8) is 0 Å². The third-order valence-corrected chi connectivity index (χ3v) is 14.5. The van der Waals surface area contributed by atoms with Crippen molar-refractivity contribution in [2.75, 3.05) is 0 Å². The zero-order valence-electron chi connectivity index (χ0n) is 36.7. The molecule has 66 heavy (non-hydrogen) atoms. The highest BCUT2D eigenvalue weighted by atomic mass is 14.3. The van der Waals surface area contributed by atoms with Gasteiger partial charge < -0.3 is 0 Å². The van der Waals surface area contributed by atoms with E-state index in [4.69, 9.17) is 0 Å². The lowest BCUT2D eigenvalue weighted by Gasteiger charge is -2.29. The molecule has 1 atom stereocenters. The monoisotopic (exact) mass is 838 g/mol. The zero-order valence-corrected chi connectivity index (χ0v) is 36.7. The fraction of sp³-hybridized carbons (Fsp3) is 0.0606. The Balaban J connectivity index is 0.869. The molecule has 1 unspecified atom stereocenters. The SMILES string of the molecule is C1=Cc2c(c(-c3ccc(-c4cc5ccccc5c5ccc(-c6ccc(-c7ccc8c(c7)-c7ccccc7C(c7ccccc7)C8)cc6)cc45)cc3)c3ccccc3c2-c2ccccc2)CC1. The number of allylic oxidation sites excluding steroid dienone is 1. The van der Waals surface area contributed by atoms with Crippen molar-refractivity contribution in [3.8, 4) is 66.8 Å². The second-order valence-corrected chi connectivity index (χ2v) is 18.2. The van der Waals surface area contributed by atoms with Crippen LogP contribution >= 0.6 is 0 Å². The van der Waals surface area contributed by atoms with Crippen molar-refractivity contribution in [2.24, 2.45) is 0 Å². The standard InChI is InChI=1S/C66H46/c1-3-15-45(16-4-1)61-42-52-36-35-49(39-63(52)55-22-10-9-21-54(55)61)43-27-29-44(30-28-43)50-37-38-56-53-20-8-7-19-51(53)41-62(64(56)40-50)46-31-33-48(34-32-46)66-59-25-13-11-23-57(59)65(47-17-5-2-6-18-47)58-24-12-14-26-60(58)66/h1-13,15-25,27-41,61H,14,26,42H2. The van der Waals surface area contributed by atoms with Gasteiger partial charge in [0.05, 0.1) is 0 Å². The first-order chi connectivity index (χ1) is 32.7. The van der Waals surface area contributed by atoms with Gasteiger partial charge in [0.15, 0.2) is 0 Å². The largest absolute Gasteiger partial charge is 0.0836 e. The maximum Gasteiger partial charge on any atom is 0.0136 e. The second-order valence-electron chi connectivity index (χ2n) is 18.2. The van der Waals surface area contributed by atoms with Crippen LogP contribution in [0.1, 0.15) is 40.2 Å². The summed E-state index contributed by atoms with van der Waals surface area (Å²) in [5, 5.41) is 7.71. The lowest BCUT2D eigenvalue weighted by Crippen LogP contribution is -2.12. The molecule has 0 saturated heterocycles. The summed E-state index contributed by atoms with van der Waals surface area (Å²) in [5.41, 5.74) is 22.4. The van der Waals surface area contributed by atoms with E-state index in [2.05, 4.69) is 237 Å². The van der Waals surface area contributed by atoms with E-state index >= 15 is 0 Å². The molecule has 0 spiro atoms. The Morgan fingerprint density at radius 1 is 0.348 bits per heavy atom. The van der Waals surface area contributed by atoms with Gasteiger partial charge in [-0.15, -0.1) is 0 Å². The first-order valence-electron chi connectivity index (χ1n) is 23.5. The molecule has 0 bridgehead atoms. The molecule has 2 aliphatic carbocycles. The summed E-state index contributed by atoms with van der Waals surface area (Å²) in [6.45, 7) is 0. The lowest BCUT2D eigenvalue weighted by atomic mass is 9.75. The maximum absolute atomic E-state index is 2.41. The molecule has 11 aromatic rings. The molecule has 0 heterocycles. The van der Waals surface area contributed by atoms with Crippen molar-refractivity contribution >= 4 is 38.4 Å². The van der Waals surface area contributed by atoms with Crippen LogP contribution in [0.3, 0.4) is 0 Å². The summed E-state index contributed by atoms with van der Waals surface area (Å²) in [4.78, 5) is 0. The van der Waals surface area contributed by atoms with E-state index in [9.17, 15) is 0 Å². The van der Waals surface area contributed by atoms with E-state index in [1.165, 1.54) is 127 Å². The summed E-state index contributed by atoms with van der Waals surface area (Å²) in [7, 11) is 0. The Bertz CT molecular complexity index is 3690. The van der Waals surface area contributed by atoms with Crippen molar-refractivity contribution in [2.45, 2.75) is 25.2 Å². The molecule has 0 nitrogen and oxygen atoms in total. The minimum atomic E-state index is 0.368. The highest BCUT2D eigenvalue weighted by Gasteiger charge is 2.26. The van der Waals surface area contributed by atoms with Crippen LogP contribution in [0.2, 0.25) is 0 Å². The third kappa shape index (κ3) is 6.44. The summed E-state index contributed by atoms with van der Waals surface area (Å²) in [6.07, 6.45) is 7.81. The Hall–Kier alpha value is -8.06. The molecular weight excluding hydrogens is 793 g/mol. The van der Waals surface area contributed by atoms with Gasteiger partial charge >= 0.3 is 0 Å². The molecule has 0 radical (unpaired) electrons. The first-order valence-corrected chi connectivity index (χ1v) is 23.5. The summed E-state index contributed by atoms with van der Waals surface area (Å²) in [5.74, 6) is 0.368. The van der Waals surface area contributed by atoms with Crippen LogP contribution in [-0.4, -0.2) is 0 Å². The summed E-state index contributed by atoms with van der Waals surface area (Å²) in [6, 6.07) is 83.9. The van der Waals surface area contributed by atoms with Crippen LogP contribution in [0, 0.1) is 0 Å². The molecule has 0 aliphatic heterocycles. The van der Waals surface area contributed by atoms with E-state index in [1.54, 1.807) is 0 Å². The van der Waals surface area contributed by atoms with Crippen molar-refractivity contribution in [1.82, 2.24) is 0 Å². The van der Waals surface area contributed by atoms with Crippen molar-refractivity contribution in [1.29, 1.82) is 0 Å². The quantitative estimate of drug-likeness (QED) is 0.146. The van der Waals surface area contributed by atoms with Gasteiger partial charge in [-0.3, -0.25) is 0 Å². The molecule has 0 N–H and O–H groups in total. The normalized spacial score (nSPS) is 14.0. The zero-order chi connectivity index (χ0) is 43.6. The smallest absolute Gasteiger partial charge is 0.0136 e. The minimum Gasteiger partial charge on any atom is -0.0836 e. The molecule has 0 fully saturated rings. The van der Waals surface area contributed by atoms with Crippen LogP contribution in [0.15, 0.2) is 231 Å². The molecular formula is C66H46. The number of hydrogen-bond donors (Lipinski definition) is 0. The van der Waals surface area contributed by atoms with E-state index in [-0.39, 0.29) is 0 Å². The predicted molar refractivity (Wildman–Crippen MR) is 281 cm³/mol. The summed E-state index contributed by atoms with van der Waals surface area (Å²) < 4.78 is 0. The van der Waals surface area contributed by atoms with E-state index in [0.717, 1.165) is 19.3 Å². The van der Waals surface area contributed by atoms with Gasteiger partial charge in [0.1, 0.15) is 0 Å². The molecule has 0 saturated carbocycles. The Morgan fingerprint density at radius 2 is 0.939 bits per heavy atom. The van der Waals surface area contributed by atoms with Gasteiger partial charge in [-0.1, -0.05) is 218 Å². The van der Waals surface area contributed by atoms with Gasteiger partial charge in [0.2, 0.25) is 0 Å². The van der Waals surface area contributed by atoms with Crippen LogP contribution in [-0.2, 0) is 12.8 Å². The van der Waals surface area contributed by atoms with Crippen LogP contribution in [0.25, 0.3) is 105 Å². The lowest BCUT2D eigenvalue weighted by molar-refractivity contribution is 0.794. The highest BCUT2D eigenvalue weighted by molar-refractivity contribution is 6.15. The van der Waals surface area contributed by atoms with Crippen LogP contribution in [0.4, 0.5) is 0 Å². The average molecular weight is 839 g/mol. The van der Waals surface area contributed by atoms with Gasteiger partial charge in [-0.05, 0) is 164 Å². The van der Waals surface area contributed by atoms with Crippen molar-refractivity contribution in [3.05, 3.63) is 258 Å². The number of hydrogen-bond acceptors (Lipinski definition) is 0. The predicted octanol–water partition coefficient (Wildman–Crippen LogP) is 17.8. The topological polar surface area (TPSA) is 0 Å². The average Bonchev–Trinajstić information content (AvgIpc) is 3.40. The van der Waals surface area contributed by atoms with Gasteiger partial charge in [-0.25, -0.2) is 0 Å². The number of benzene rings is 11. The fourth-order valence-electron chi connectivity index (χ4n) is 11.4. The van der Waals surface area contributed by atoms with Gasteiger partial charge in [0.25, 0.3) is 0 Å². The van der Waals surface area contributed by atoms with Gasteiger partial charge in [-0.2, -0.15) is 0 Å². The highest BCUT2D eigenvalue weighted by Crippen LogP contribution is 2.47.